The van der Waals surface area contributed by atoms with Crippen molar-refractivity contribution in [3.8, 4) is 0 Å². The maximum Gasteiger partial charge on any atom is 0.231 e. The van der Waals surface area contributed by atoms with Crippen LogP contribution in [0.2, 0.25) is 0 Å². The number of nitrogens with two attached hydrogens (primary N) is 1. The zero-order valence-electron chi connectivity index (χ0n) is 7.31. The van der Waals surface area contributed by atoms with Gasteiger partial charge in [0, 0.05) is 11.4 Å². The molecule has 5 nitrogen and oxygen atoms in total. The summed E-state index contributed by atoms with van der Waals surface area (Å²) in [6.45, 7) is 1.79. The van der Waals surface area contributed by atoms with E-state index in [1.54, 1.807) is 12.3 Å². The molecule has 0 aliphatic carbocycles. The second-order valence-corrected chi connectivity index (χ2v) is 5.35. The number of nitrogens with zero attached hydrogens (tertiary/aromatic N) is 1. The predicted octanol–water partition coefficient (Wildman–Crippen LogP) is 0.534. The highest BCUT2D eigenvalue weighted by atomic mass is 32.2. The fraction of sp³-hybridized carbons (Fsp3) is 0.500. The molecule has 0 saturated carbocycles. The first-order valence-corrected chi connectivity index (χ1v) is 6.34. The van der Waals surface area contributed by atoms with Crippen LogP contribution >= 0.6 is 11.3 Å². The van der Waals surface area contributed by atoms with Gasteiger partial charge in [-0.3, -0.25) is 4.72 Å². The minimum absolute atomic E-state index is 0.175. The predicted molar refractivity (Wildman–Crippen MR) is 53.2 cm³/mol. The minimum atomic E-state index is -3.23. The van der Waals surface area contributed by atoms with Crippen molar-refractivity contribution in [2.45, 2.75) is 13.0 Å². The third-order valence-corrected chi connectivity index (χ3v) is 2.73. The van der Waals surface area contributed by atoms with Crippen molar-refractivity contribution >= 4 is 26.5 Å². The number of nitrogens with one attached hydrogen (secondary N) is 1. The standard InChI is InChI=1S/C6H11N3O2S2/c1-4(7)5-3-12-6(8-5)9-13(2,10)11/h3-4H,7H2,1-2H3,(H,8,9). The van der Waals surface area contributed by atoms with E-state index in [1.165, 1.54) is 11.3 Å². The van der Waals surface area contributed by atoms with Crippen LogP contribution in [0.3, 0.4) is 0 Å². The van der Waals surface area contributed by atoms with Crippen molar-refractivity contribution in [1.29, 1.82) is 0 Å². The molecule has 0 aliphatic rings. The van der Waals surface area contributed by atoms with Gasteiger partial charge in [-0.25, -0.2) is 13.4 Å². The van der Waals surface area contributed by atoms with Gasteiger partial charge in [0.2, 0.25) is 10.0 Å². The third kappa shape index (κ3) is 3.29. The Kier molecular flexibility index (Phi) is 2.89. The van der Waals surface area contributed by atoms with Crippen LogP contribution in [0.5, 0.6) is 0 Å². The molecule has 1 unspecified atom stereocenters. The molecule has 13 heavy (non-hydrogen) atoms. The lowest BCUT2D eigenvalue weighted by Gasteiger charge is -1.99. The second-order valence-electron chi connectivity index (χ2n) is 2.74. The lowest BCUT2D eigenvalue weighted by molar-refractivity contribution is 0.606. The monoisotopic (exact) mass is 221 g/mol. The molecule has 0 bridgehead atoms. The highest BCUT2D eigenvalue weighted by Crippen LogP contribution is 2.19. The van der Waals surface area contributed by atoms with Crippen LogP contribution in [0.25, 0.3) is 0 Å². The fourth-order valence-electron chi connectivity index (χ4n) is 0.701. The number of hydrogen-bond donors (Lipinski definition) is 2. The molecular weight excluding hydrogens is 210 g/mol. The highest BCUT2D eigenvalue weighted by Gasteiger charge is 2.08. The van der Waals surface area contributed by atoms with Gasteiger partial charge < -0.3 is 5.73 Å². The van der Waals surface area contributed by atoms with Gasteiger partial charge in [0.05, 0.1) is 11.9 Å². The highest BCUT2D eigenvalue weighted by molar-refractivity contribution is 7.92. The number of sulfonamides is 1. The lowest BCUT2D eigenvalue weighted by atomic mass is 10.3. The molecule has 1 aromatic heterocycles. The quantitative estimate of drug-likeness (QED) is 0.780. The van der Waals surface area contributed by atoms with Crippen molar-refractivity contribution in [2.75, 3.05) is 11.0 Å². The normalized spacial score (nSPS) is 14.1. The Hall–Kier alpha value is -0.660. The summed E-state index contributed by atoms with van der Waals surface area (Å²) in [5.74, 6) is 0. The van der Waals surface area contributed by atoms with Crippen LogP contribution in [0, 0.1) is 0 Å². The Morgan fingerprint density at radius 2 is 2.31 bits per heavy atom. The van der Waals surface area contributed by atoms with E-state index >= 15 is 0 Å². The summed E-state index contributed by atoms with van der Waals surface area (Å²) in [4.78, 5) is 4.00. The molecule has 1 heterocycles. The maximum atomic E-state index is 10.8. The molecule has 0 amide bonds. The molecule has 0 fully saturated rings. The molecule has 1 aromatic rings. The van der Waals surface area contributed by atoms with E-state index in [2.05, 4.69) is 9.71 Å². The van der Waals surface area contributed by atoms with Gasteiger partial charge in [0.1, 0.15) is 0 Å². The summed E-state index contributed by atoms with van der Waals surface area (Å²) in [6, 6.07) is -0.175. The van der Waals surface area contributed by atoms with E-state index in [9.17, 15) is 8.42 Å². The van der Waals surface area contributed by atoms with Crippen LogP contribution in [-0.4, -0.2) is 19.7 Å². The molecule has 0 spiro atoms. The number of rotatable bonds is 3. The topological polar surface area (TPSA) is 85.1 Å². The van der Waals surface area contributed by atoms with Gasteiger partial charge in [-0.2, -0.15) is 0 Å². The molecule has 0 aromatic carbocycles. The number of aromatic nitrogens is 1. The molecule has 0 radical (unpaired) electrons. The summed E-state index contributed by atoms with van der Waals surface area (Å²) in [5, 5.41) is 2.09. The molecule has 0 aliphatic heterocycles. The van der Waals surface area contributed by atoms with Crippen molar-refractivity contribution in [2.24, 2.45) is 5.73 Å². The lowest BCUT2D eigenvalue weighted by Crippen LogP contribution is -2.10. The van der Waals surface area contributed by atoms with Crippen LogP contribution in [0.15, 0.2) is 5.38 Å². The first-order chi connectivity index (χ1) is 5.88. The molecule has 74 valence electrons. The molecular formula is C6H11N3O2S2. The number of thiazole rings is 1. The van der Waals surface area contributed by atoms with Gasteiger partial charge in [-0.15, -0.1) is 11.3 Å². The molecule has 7 heteroatoms. The Morgan fingerprint density at radius 1 is 1.69 bits per heavy atom. The van der Waals surface area contributed by atoms with E-state index in [0.29, 0.717) is 10.8 Å². The third-order valence-electron chi connectivity index (χ3n) is 1.26. The average Bonchev–Trinajstić information content (AvgIpc) is 2.31. The number of hydrogen-bond acceptors (Lipinski definition) is 5. The summed E-state index contributed by atoms with van der Waals surface area (Å²) in [6.07, 6.45) is 1.08. The summed E-state index contributed by atoms with van der Waals surface area (Å²) >= 11 is 1.22. The SMILES string of the molecule is CC(N)c1csc(NS(C)(=O)=O)n1. The summed E-state index contributed by atoms with van der Waals surface area (Å²) < 4.78 is 23.9. The van der Waals surface area contributed by atoms with Crippen molar-refractivity contribution in [3.05, 3.63) is 11.1 Å². The van der Waals surface area contributed by atoms with Gasteiger partial charge in [0.25, 0.3) is 0 Å². The van der Waals surface area contributed by atoms with Crippen molar-refractivity contribution < 1.29 is 8.42 Å². The van der Waals surface area contributed by atoms with Crippen molar-refractivity contribution in [1.82, 2.24) is 4.98 Å². The Balaban J connectivity index is 2.81. The molecule has 1 rings (SSSR count). The van der Waals surface area contributed by atoms with Crippen LogP contribution in [0.4, 0.5) is 5.13 Å². The maximum absolute atomic E-state index is 10.8. The van der Waals surface area contributed by atoms with Crippen LogP contribution in [-0.2, 0) is 10.0 Å². The Morgan fingerprint density at radius 3 is 2.69 bits per heavy atom. The fourth-order valence-corrected chi connectivity index (χ4v) is 2.37. The number of anilines is 1. The van der Waals surface area contributed by atoms with E-state index in [-0.39, 0.29) is 6.04 Å². The zero-order valence-corrected chi connectivity index (χ0v) is 8.95. The Labute approximate surface area is 81.0 Å². The van der Waals surface area contributed by atoms with E-state index in [0.717, 1.165) is 6.26 Å². The second kappa shape index (κ2) is 3.60. The van der Waals surface area contributed by atoms with Crippen LogP contribution in [0.1, 0.15) is 18.7 Å². The molecule has 0 saturated heterocycles. The van der Waals surface area contributed by atoms with E-state index < -0.39 is 10.0 Å². The molecule has 1 atom stereocenters. The summed E-state index contributed by atoms with van der Waals surface area (Å²) in [5.41, 5.74) is 6.25. The van der Waals surface area contributed by atoms with Gasteiger partial charge in [-0.1, -0.05) is 0 Å². The van der Waals surface area contributed by atoms with Gasteiger partial charge >= 0.3 is 0 Å². The minimum Gasteiger partial charge on any atom is -0.323 e. The summed E-state index contributed by atoms with van der Waals surface area (Å²) in [7, 11) is -3.23. The first-order valence-electron chi connectivity index (χ1n) is 3.57. The average molecular weight is 221 g/mol. The van der Waals surface area contributed by atoms with Crippen molar-refractivity contribution in [3.63, 3.8) is 0 Å². The van der Waals surface area contributed by atoms with E-state index in [1.807, 2.05) is 0 Å². The van der Waals surface area contributed by atoms with E-state index in [4.69, 9.17) is 5.73 Å². The smallest absolute Gasteiger partial charge is 0.231 e. The van der Waals surface area contributed by atoms with Gasteiger partial charge in [0.15, 0.2) is 5.13 Å². The zero-order chi connectivity index (χ0) is 10.1. The van der Waals surface area contributed by atoms with Crippen LogP contribution < -0.4 is 10.5 Å². The Bertz CT molecular complexity index is 382. The molecule has 3 N–H and O–H groups in total. The first kappa shape index (κ1) is 10.4. The van der Waals surface area contributed by atoms with Gasteiger partial charge in [-0.05, 0) is 6.92 Å². The largest absolute Gasteiger partial charge is 0.323 e.